The summed E-state index contributed by atoms with van der Waals surface area (Å²) in [5.74, 6) is -0.515. The fraction of sp³-hybridized carbons (Fsp3) is 0.167. The molecule has 0 saturated carbocycles. The highest BCUT2D eigenvalue weighted by Gasteiger charge is 2.32. The smallest absolute Gasteiger partial charge is 0.234 e. The standard InChI is InChI=1S/C18H16ClFN2O/c1-18(2,17(23)22-13-6-4-12(20)5-7-13)15-10-21-16-8-3-11(19)9-14(15)16/h3-10,21H,1-2H3,(H,22,23). The molecule has 0 aliphatic heterocycles. The lowest BCUT2D eigenvalue weighted by molar-refractivity contribution is -0.120. The molecule has 0 aliphatic carbocycles. The highest BCUT2D eigenvalue weighted by molar-refractivity contribution is 6.31. The molecule has 3 nitrogen and oxygen atoms in total. The molecule has 1 amide bonds. The number of hydrogen-bond acceptors (Lipinski definition) is 1. The van der Waals surface area contributed by atoms with E-state index in [2.05, 4.69) is 10.3 Å². The van der Waals surface area contributed by atoms with Gasteiger partial charge in [0.25, 0.3) is 0 Å². The number of halogens is 2. The SMILES string of the molecule is CC(C)(C(=O)Nc1ccc(F)cc1)c1c[nH]c2ccc(Cl)cc12. The maximum absolute atomic E-state index is 13.0. The van der Waals surface area contributed by atoms with Crippen molar-refractivity contribution in [2.75, 3.05) is 5.32 Å². The molecule has 1 heterocycles. The number of carbonyl (C=O) groups excluding carboxylic acids is 1. The van der Waals surface area contributed by atoms with Gasteiger partial charge in [-0.25, -0.2) is 4.39 Å². The van der Waals surface area contributed by atoms with Crippen LogP contribution in [-0.2, 0) is 10.2 Å². The number of hydrogen-bond donors (Lipinski definition) is 2. The van der Waals surface area contributed by atoms with Crippen molar-refractivity contribution in [3.8, 4) is 0 Å². The number of benzene rings is 2. The largest absolute Gasteiger partial charge is 0.361 e. The summed E-state index contributed by atoms with van der Waals surface area (Å²) in [5.41, 5.74) is 1.56. The van der Waals surface area contributed by atoms with Gasteiger partial charge in [-0.1, -0.05) is 11.6 Å². The van der Waals surface area contributed by atoms with Crippen LogP contribution in [0.5, 0.6) is 0 Å². The minimum atomic E-state index is -0.780. The molecule has 0 unspecified atom stereocenters. The number of aromatic nitrogens is 1. The number of nitrogens with one attached hydrogen (secondary N) is 2. The Bertz CT molecular complexity index is 868. The van der Waals surface area contributed by atoms with Crippen molar-refractivity contribution in [1.82, 2.24) is 4.98 Å². The third kappa shape index (κ3) is 2.94. The lowest BCUT2D eigenvalue weighted by atomic mass is 9.83. The number of fused-ring (bicyclic) bond motifs is 1. The molecule has 2 aromatic carbocycles. The van der Waals surface area contributed by atoms with Gasteiger partial charge in [-0.05, 0) is 61.9 Å². The zero-order valence-corrected chi connectivity index (χ0v) is 13.5. The van der Waals surface area contributed by atoms with Crippen LogP contribution in [-0.4, -0.2) is 10.9 Å². The molecule has 0 bridgehead atoms. The predicted molar refractivity (Wildman–Crippen MR) is 91.4 cm³/mol. The lowest BCUT2D eigenvalue weighted by Gasteiger charge is -2.23. The second-order valence-corrected chi connectivity index (χ2v) is 6.41. The Morgan fingerprint density at radius 2 is 1.87 bits per heavy atom. The molecule has 0 aliphatic rings. The van der Waals surface area contributed by atoms with Crippen molar-refractivity contribution in [3.63, 3.8) is 0 Å². The van der Waals surface area contributed by atoms with Crippen LogP contribution in [0.25, 0.3) is 10.9 Å². The number of anilines is 1. The van der Waals surface area contributed by atoms with E-state index < -0.39 is 5.41 Å². The van der Waals surface area contributed by atoms with Gasteiger partial charge < -0.3 is 10.3 Å². The topological polar surface area (TPSA) is 44.9 Å². The molecule has 0 atom stereocenters. The maximum Gasteiger partial charge on any atom is 0.234 e. The van der Waals surface area contributed by atoms with E-state index in [1.165, 1.54) is 24.3 Å². The Morgan fingerprint density at radius 3 is 2.57 bits per heavy atom. The van der Waals surface area contributed by atoms with Gasteiger partial charge in [0.1, 0.15) is 5.82 Å². The molecule has 5 heteroatoms. The average Bonchev–Trinajstić information content (AvgIpc) is 2.93. The second kappa shape index (κ2) is 5.70. The van der Waals surface area contributed by atoms with Crippen molar-refractivity contribution >= 4 is 34.1 Å². The molecule has 0 spiro atoms. The number of rotatable bonds is 3. The Kier molecular flexibility index (Phi) is 3.86. The minimum absolute atomic E-state index is 0.176. The van der Waals surface area contributed by atoms with Crippen LogP contribution in [0, 0.1) is 5.82 Å². The van der Waals surface area contributed by atoms with Crippen molar-refractivity contribution in [2.45, 2.75) is 19.3 Å². The lowest BCUT2D eigenvalue weighted by Crippen LogP contribution is -2.34. The highest BCUT2D eigenvalue weighted by Crippen LogP contribution is 2.33. The van der Waals surface area contributed by atoms with Gasteiger partial charge >= 0.3 is 0 Å². The molecule has 0 radical (unpaired) electrons. The normalized spacial score (nSPS) is 11.7. The Morgan fingerprint density at radius 1 is 1.17 bits per heavy atom. The fourth-order valence-corrected chi connectivity index (χ4v) is 2.72. The van der Waals surface area contributed by atoms with Gasteiger partial charge in [0.2, 0.25) is 5.91 Å². The monoisotopic (exact) mass is 330 g/mol. The third-order valence-electron chi connectivity index (χ3n) is 3.99. The zero-order chi connectivity index (χ0) is 16.6. The Labute approximate surface area is 138 Å². The zero-order valence-electron chi connectivity index (χ0n) is 12.8. The van der Waals surface area contributed by atoms with Crippen LogP contribution in [0.15, 0.2) is 48.7 Å². The molecule has 23 heavy (non-hydrogen) atoms. The van der Waals surface area contributed by atoms with Gasteiger partial charge in [-0.2, -0.15) is 0 Å². The van der Waals surface area contributed by atoms with E-state index in [-0.39, 0.29) is 11.7 Å². The van der Waals surface area contributed by atoms with E-state index in [1.54, 1.807) is 6.07 Å². The van der Waals surface area contributed by atoms with E-state index in [9.17, 15) is 9.18 Å². The van der Waals surface area contributed by atoms with Crippen LogP contribution in [0.3, 0.4) is 0 Å². The summed E-state index contributed by atoms with van der Waals surface area (Å²) in [7, 11) is 0. The molecule has 2 N–H and O–H groups in total. The molecule has 0 saturated heterocycles. The van der Waals surface area contributed by atoms with Gasteiger partial charge in [-0.3, -0.25) is 4.79 Å². The molecule has 3 rings (SSSR count). The minimum Gasteiger partial charge on any atom is -0.361 e. The highest BCUT2D eigenvalue weighted by atomic mass is 35.5. The predicted octanol–water partition coefficient (Wildman–Crippen LogP) is 4.88. The molecule has 118 valence electrons. The first kappa shape index (κ1) is 15.6. The van der Waals surface area contributed by atoms with E-state index in [1.807, 2.05) is 32.2 Å². The Hall–Kier alpha value is -2.33. The van der Waals surface area contributed by atoms with E-state index >= 15 is 0 Å². The molecular formula is C18H16ClFN2O. The number of amides is 1. The molecule has 0 fully saturated rings. The summed E-state index contributed by atoms with van der Waals surface area (Å²) in [5, 5.41) is 4.36. The van der Waals surface area contributed by atoms with Crippen LogP contribution >= 0.6 is 11.6 Å². The first-order chi connectivity index (χ1) is 10.9. The van der Waals surface area contributed by atoms with Crippen molar-refractivity contribution in [3.05, 3.63) is 65.1 Å². The summed E-state index contributed by atoms with van der Waals surface area (Å²) in [4.78, 5) is 15.9. The van der Waals surface area contributed by atoms with Gasteiger partial charge in [0.05, 0.1) is 5.41 Å². The molecule has 3 aromatic rings. The van der Waals surface area contributed by atoms with Crippen LogP contribution in [0.2, 0.25) is 5.02 Å². The number of aromatic amines is 1. The maximum atomic E-state index is 13.0. The van der Waals surface area contributed by atoms with Gasteiger partial charge in [0, 0.05) is 27.8 Å². The van der Waals surface area contributed by atoms with Crippen LogP contribution < -0.4 is 5.32 Å². The van der Waals surface area contributed by atoms with Crippen LogP contribution in [0.4, 0.5) is 10.1 Å². The molecular weight excluding hydrogens is 315 g/mol. The summed E-state index contributed by atoms with van der Waals surface area (Å²) in [6.45, 7) is 3.69. The van der Waals surface area contributed by atoms with E-state index in [0.717, 1.165) is 16.5 Å². The Balaban J connectivity index is 1.94. The van der Waals surface area contributed by atoms with E-state index in [0.29, 0.717) is 10.7 Å². The first-order valence-corrected chi connectivity index (χ1v) is 7.60. The third-order valence-corrected chi connectivity index (χ3v) is 4.22. The quantitative estimate of drug-likeness (QED) is 0.706. The van der Waals surface area contributed by atoms with Crippen molar-refractivity contribution < 1.29 is 9.18 Å². The summed E-state index contributed by atoms with van der Waals surface area (Å²) in [6, 6.07) is 11.2. The second-order valence-electron chi connectivity index (χ2n) is 5.98. The van der Waals surface area contributed by atoms with Gasteiger partial charge in [-0.15, -0.1) is 0 Å². The first-order valence-electron chi connectivity index (χ1n) is 7.22. The summed E-state index contributed by atoms with van der Waals surface area (Å²) in [6.07, 6.45) is 1.82. The van der Waals surface area contributed by atoms with Crippen molar-refractivity contribution in [2.24, 2.45) is 0 Å². The fourth-order valence-electron chi connectivity index (χ4n) is 2.55. The van der Waals surface area contributed by atoms with Crippen molar-refractivity contribution in [1.29, 1.82) is 0 Å². The summed E-state index contributed by atoms with van der Waals surface area (Å²) < 4.78 is 13.0. The number of H-pyrrole nitrogens is 1. The van der Waals surface area contributed by atoms with Crippen LogP contribution in [0.1, 0.15) is 19.4 Å². The average molecular weight is 331 g/mol. The summed E-state index contributed by atoms with van der Waals surface area (Å²) >= 11 is 6.07. The van der Waals surface area contributed by atoms with E-state index in [4.69, 9.17) is 11.6 Å². The number of carbonyl (C=O) groups is 1. The molecule has 1 aromatic heterocycles. The van der Waals surface area contributed by atoms with Gasteiger partial charge in [0.15, 0.2) is 0 Å².